The van der Waals surface area contributed by atoms with Crippen molar-refractivity contribution in [2.45, 2.75) is 17.4 Å². The number of aliphatic hydroxyl groups excluding tert-OH is 1. The summed E-state index contributed by atoms with van der Waals surface area (Å²) < 4.78 is 22.5. The van der Waals surface area contributed by atoms with E-state index < -0.39 is 16.1 Å². The lowest BCUT2D eigenvalue weighted by molar-refractivity contribution is 0.198. The first-order valence-corrected chi connectivity index (χ1v) is 6.78. The number of anilines is 2. The highest BCUT2D eigenvalue weighted by atomic mass is 32.2. The van der Waals surface area contributed by atoms with Crippen LogP contribution in [0.5, 0.6) is 0 Å². The second kappa shape index (κ2) is 4.17. The van der Waals surface area contributed by atoms with Gasteiger partial charge in [-0.05, 0) is 24.6 Å². The molecule has 0 radical (unpaired) electrons. The van der Waals surface area contributed by atoms with Gasteiger partial charge < -0.3 is 15.7 Å². The maximum atomic E-state index is 11.2. The molecule has 1 fully saturated rings. The smallest absolute Gasteiger partial charge is 0.238 e. The van der Waals surface area contributed by atoms with E-state index in [0.717, 1.165) is 0 Å². The average Bonchev–Trinajstić information content (AvgIpc) is 2.63. The SMILES string of the molecule is Nc1ccc(S(N)(=O)=O)cc1N1CCC(O)C1. The number of benzene rings is 1. The fourth-order valence-electron chi connectivity index (χ4n) is 1.93. The van der Waals surface area contributed by atoms with Crippen LogP contribution in [0.1, 0.15) is 6.42 Å². The van der Waals surface area contributed by atoms with E-state index in [0.29, 0.717) is 30.9 Å². The van der Waals surface area contributed by atoms with Gasteiger partial charge in [-0.3, -0.25) is 0 Å². The lowest BCUT2D eigenvalue weighted by atomic mass is 10.2. The summed E-state index contributed by atoms with van der Waals surface area (Å²) in [5, 5.41) is 14.5. The number of nitrogen functional groups attached to an aromatic ring is 1. The predicted octanol–water partition coefficient (Wildman–Crippen LogP) is -0.513. The van der Waals surface area contributed by atoms with Crippen molar-refractivity contribution in [3.05, 3.63) is 18.2 Å². The Morgan fingerprint density at radius 2 is 2.12 bits per heavy atom. The highest BCUT2D eigenvalue weighted by Gasteiger charge is 2.23. The van der Waals surface area contributed by atoms with Crippen LogP contribution in [0.2, 0.25) is 0 Å². The van der Waals surface area contributed by atoms with Crippen LogP contribution in [0, 0.1) is 0 Å². The molecule has 0 saturated carbocycles. The van der Waals surface area contributed by atoms with Gasteiger partial charge in [0.2, 0.25) is 10.0 Å². The molecule has 1 aromatic carbocycles. The summed E-state index contributed by atoms with van der Waals surface area (Å²) in [6.07, 6.45) is 0.256. The normalized spacial score (nSPS) is 20.8. The van der Waals surface area contributed by atoms with Gasteiger partial charge in [0, 0.05) is 13.1 Å². The Bertz CT molecular complexity index is 530. The van der Waals surface area contributed by atoms with Crippen molar-refractivity contribution in [1.82, 2.24) is 0 Å². The van der Waals surface area contributed by atoms with Crippen LogP contribution in [0.4, 0.5) is 11.4 Å². The maximum absolute atomic E-state index is 11.2. The van der Waals surface area contributed by atoms with Crippen molar-refractivity contribution >= 4 is 21.4 Å². The Balaban J connectivity index is 2.40. The van der Waals surface area contributed by atoms with Crippen molar-refractivity contribution < 1.29 is 13.5 Å². The molecule has 1 atom stereocenters. The lowest BCUT2D eigenvalue weighted by Crippen LogP contribution is -2.23. The first kappa shape index (κ1) is 12.2. The summed E-state index contributed by atoms with van der Waals surface area (Å²) in [6, 6.07) is 4.34. The summed E-state index contributed by atoms with van der Waals surface area (Å²) in [5.41, 5.74) is 6.88. The number of rotatable bonds is 2. The third kappa shape index (κ3) is 2.51. The van der Waals surface area contributed by atoms with Gasteiger partial charge in [0.15, 0.2) is 0 Å². The highest BCUT2D eigenvalue weighted by molar-refractivity contribution is 7.89. The van der Waals surface area contributed by atoms with Crippen LogP contribution in [-0.2, 0) is 10.0 Å². The van der Waals surface area contributed by atoms with Gasteiger partial charge in [-0.1, -0.05) is 0 Å². The summed E-state index contributed by atoms with van der Waals surface area (Å²) in [6.45, 7) is 1.11. The van der Waals surface area contributed by atoms with Crippen molar-refractivity contribution in [3.63, 3.8) is 0 Å². The monoisotopic (exact) mass is 257 g/mol. The van der Waals surface area contributed by atoms with Crippen LogP contribution < -0.4 is 15.8 Å². The largest absolute Gasteiger partial charge is 0.397 e. The van der Waals surface area contributed by atoms with Gasteiger partial charge in [0.25, 0.3) is 0 Å². The number of nitrogens with zero attached hydrogens (tertiary/aromatic N) is 1. The zero-order chi connectivity index (χ0) is 12.6. The standard InChI is InChI=1S/C10H15N3O3S/c11-9-2-1-8(17(12,15)16)5-10(9)13-4-3-7(14)6-13/h1-2,5,7,14H,3-4,6,11H2,(H2,12,15,16). The van der Waals surface area contributed by atoms with Crippen molar-refractivity contribution in [3.8, 4) is 0 Å². The van der Waals surface area contributed by atoms with Crippen LogP contribution in [0.3, 0.4) is 0 Å². The fraction of sp³-hybridized carbons (Fsp3) is 0.400. The molecule has 1 unspecified atom stereocenters. The van der Waals surface area contributed by atoms with Gasteiger partial charge in [-0.15, -0.1) is 0 Å². The first-order chi connectivity index (χ1) is 7.88. The minimum atomic E-state index is -3.73. The molecule has 0 aromatic heterocycles. The molecule has 17 heavy (non-hydrogen) atoms. The minimum Gasteiger partial charge on any atom is -0.397 e. The minimum absolute atomic E-state index is 0.0306. The number of aliphatic hydroxyl groups is 1. The molecule has 1 aliphatic rings. The van der Waals surface area contributed by atoms with Gasteiger partial charge in [-0.2, -0.15) is 0 Å². The molecule has 5 N–H and O–H groups in total. The summed E-state index contributed by atoms with van der Waals surface area (Å²) >= 11 is 0. The van der Waals surface area contributed by atoms with Crippen LogP contribution >= 0.6 is 0 Å². The molecular formula is C10H15N3O3S. The first-order valence-electron chi connectivity index (χ1n) is 5.23. The van der Waals surface area contributed by atoms with Crippen LogP contribution in [-0.4, -0.2) is 32.7 Å². The van der Waals surface area contributed by atoms with Crippen molar-refractivity contribution in [2.75, 3.05) is 23.7 Å². The zero-order valence-corrected chi connectivity index (χ0v) is 10.0. The number of hydrogen-bond donors (Lipinski definition) is 3. The molecule has 0 spiro atoms. The molecule has 0 amide bonds. The maximum Gasteiger partial charge on any atom is 0.238 e. The van der Waals surface area contributed by atoms with E-state index in [-0.39, 0.29) is 4.90 Å². The number of β-amino-alcohol motifs (C(OH)–C–C–N with tert-alkyl or cyclic N) is 1. The summed E-state index contributed by atoms with van der Waals surface area (Å²) in [7, 11) is -3.73. The van der Waals surface area contributed by atoms with E-state index in [4.69, 9.17) is 10.9 Å². The molecule has 1 aliphatic heterocycles. The molecule has 7 heteroatoms. The molecular weight excluding hydrogens is 242 g/mol. The zero-order valence-electron chi connectivity index (χ0n) is 9.20. The van der Waals surface area contributed by atoms with E-state index >= 15 is 0 Å². The Labute approximate surface area is 99.9 Å². The molecule has 1 saturated heterocycles. The Hall–Kier alpha value is -1.31. The molecule has 2 rings (SSSR count). The van der Waals surface area contributed by atoms with Gasteiger partial charge >= 0.3 is 0 Å². The van der Waals surface area contributed by atoms with Crippen molar-refractivity contribution in [2.24, 2.45) is 5.14 Å². The topological polar surface area (TPSA) is 110 Å². The molecule has 0 aliphatic carbocycles. The molecule has 0 bridgehead atoms. The lowest BCUT2D eigenvalue weighted by Gasteiger charge is -2.20. The quantitative estimate of drug-likeness (QED) is 0.618. The van der Waals surface area contributed by atoms with Crippen LogP contribution in [0.15, 0.2) is 23.1 Å². The number of primary sulfonamides is 1. The number of hydrogen-bond acceptors (Lipinski definition) is 5. The van der Waals surface area contributed by atoms with Gasteiger partial charge in [0.05, 0.1) is 22.4 Å². The third-order valence-electron chi connectivity index (χ3n) is 2.83. The van der Waals surface area contributed by atoms with E-state index in [9.17, 15) is 13.5 Å². The van der Waals surface area contributed by atoms with Crippen molar-refractivity contribution in [1.29, 1.82) is 0 Å². The number of sulfonamides is 1. The third-order valence-corrected chi connectivity index (χ3v) is 3.75. The fourth-order valence-corrected chi connectivity index (χ4v) is 2.47. The second-order valence-electron chi connectivity index (χ2n) is 4.15. The Kier molecular flexibility index (Phi) is 2.98. The molecule has 6 nitrogen and oxygen atoms in total. The number of nitrogens with two attached hydrogens (primary N) is 2. The van der Waals surface area contributed by atoms with E-state index in [1.165, 1.54) is 18.2 Å². The van der Waals surface area contributed by atoms with Gasteiger partial charge in [0.1, 0.15) is 0 Å². The molecule has 1 aromatic rings. The Morgan fingerprint density at radius 1 is 1.41 bits per heavy atom. The average molecular weight is 257 g/mol. The molecule has 1 heterocycles. The highest BCUT2D eigenvalue weighted by Crippen LogP contribution is 2.29. The van der Waals surface area contributed by atoms with Crippen LogP contribution in [0.25, 0.3) is 0 Å². The van der Waals surface area contributed by atoms with E-state index in [1.807, 2.05) is 4.90 Å². The summed E-state index contributed by atoms with van der Waals surface area (Å²) in [5.74, 6) is 0. The van der Waals surface area contributed by atoms with E-state index in [1.54, 1.807) is 0 Å². The Morgan fingerprint density at radius 3 is 2.65 bits per heavy atom. The predicted molar refractivity (Wildman–Crippen MR) is 65.1 cm³/mol. The summed E-state index contributed by atoms with van der Waals surface area (Å²) in [4.78, 5) is 1.89. The second-order valence-corrected chi connectivity index (χ2v) is 5.72. The van der Waals surface area contributed by atoms with Gasteiger partial charge in [-0.25, -0.2) is 13.6 Å². The van der Waals surface area contributed by atoms with E-state index in [2.05, 4.69) is 0 Å². The molecule has 94 valence electrons.